The molecule has 164 valence electrons. The van der Waals surface area contributed by atoms with Crippen molar-refractivity contribution in [1.82, 2.24) is 9.97 Å². The van der Waals surface area contributed by atoms with Gasteiger partial charge in [-0.15, -0.1) is 0 Å². The summed E-state index contributed by atoms with van der Waals surface area (Å²) in [4.78, 5) is 10.0. The molecule has 0 N–H and O–H groups in total. The van der Waals surface area contributed by atoms with Crippen LogP contribution >= 0.6 is 0 Å². The van der Waals surface area contributed by atoms with Gasteiger partial charge in [0, 0.05) is 11.1 Å². The van der Waals surface area contributed by atoms with Gasteiger partial charge in [0.15, 0.2) is 11.4 Å². The fraction of sp³-hybridized carbons (Fsp3) is 0. The Morgan fingerprint density at radius 1 is 0.486 bits per heavy atom. The number of benzene rings is 5. The monoisotopic (exact) mass is 448 g/mol. The van der Waals surface area contributed by atoms with Crippen molar-refractivity contribution in [1.29, 1.82) is 0 Å². The Morgan fingerprint density at radius 3 is 1.89 bits per heavy atom. The number of hydrogen-bond donors (Lipinski definition) is 0. The van der Waals surface area contributed by atoms with Crippen molar-refractivity contribution in [2.45, 2.75) is 0 Å². The minimum absolute atomic E-state index is 0.691. The van der Waals surface area contributed by atoms with Crippen LogP contribution in [0.5, 0.6) is 0 Å². The van der Waals surface area contributed by atoms with E-state index in [4.69, 9.17) is 14.4 Å². The Hall–Kier alpha value is -4.76. The Kier molecular flexibility index (Phi) is 4.46. The lowest BCUT2D eigenvalue weighted by Crippen LogP contribution is -1.94. The van der Waals surface area contributed by atoms with Gasteiger partial charge in [-0.3, -0.25) is 0 Å². The molecule has 7 rings (SSSR count). The molecular weight excluding hydrogens is 428 g/mol. The largest absolute Gasteiger partial charge is 0.452 e. The molecule has 0 amide bonds. The topological polar surface area (TPSA) is 38.9 Å². The summed E-state index contributed by atoms with van der Waals surface area (Å²) in [6.45, 7) is 0. The molecule has 0 fully saturated rings. The lowest BCUT2D eigenvalue weighted by molar-refractivity contribution is 0.667. The molecule has 5 aromatic carbocycles. The number of furan rings is 1. The second-order valence-corrected chi connectivity index (χ2v) is 8.64. The van der Waals surface area contributed by atoms with E-state index in [2.05, 4.69) is 78.9 Å². The predicted octanol–water partition coefficient (Wildman–Crippen LogP) is 8.53. The van der Waals surface area contributed by atoms with Crippen molar-refractivity contribution >= 4 is 32.8 Å². The van der Waals surface area contributed by atoms with E-state index in [0.29, 0.717) is 11.4 Å². The van der Waals surface area contributed by atoms with Gasteiger partial charge >= 0.3 is 0 Å². The molecule has 0 atom stereocenters. The van der Waals surface area contributed by atoms with E-state index in [1.54, 1.807) is 0 Å². The summed E-state index contributed by atoms with van der Waals surface area (Å²) in [7, 11) is 0. The molecule has 7 aromatic rings. The van der Waals surface area contributed by atoms with Crippen molar-refractivity contribution in [3.8, 4) is 33.8 Å². The summed E-state index contributed by atoms with van der Waals surface area (Å²) >= 11 is 0. The van der Waals surface area contributed by atoms with E-state index < -0.39 is 0 Å². The number of nitrogens with zero attached hydrogens (tertiary/aromatic N) is 2. The van der Waals surface area contributed by atoms with E-state index in [1.807, 2.05) is 42.5 Å². The third-order valence-corrected chi connectivity index (χ3v) is 6.50. The van der Waals surface area contributed by atoms with Crippen LogP contribution in [0.3, 0.4) is 0 Å². The Balaban J connectivity index is 1.51. The van der Waals surface area contributed by atoms with Gasteiger partial charge in [0.25, 0.3) is 0 Å². The Bertz CT molecular complexity index is 1820. The molecule has 0 saturated heterocycles. The highest BCUT2D eigenvalue weighted by molar-refractivity contribution is 6.19. The third-order valence-electron chi connectivity index (χ3n) is 6.50. The standard InChI is InChI=1S/C32H20N2O/c1-3-9-21(10-4-1)22-15-17-24(18-16-22)29-31-30(34-32(33-29)25-12-5-2-6-13-25)28-26-14-8-7-11-23(26)19-20-27(28)35-31/h1-20H. The molecule has 3 heteroatoms. The molecule has 2 heterocycles. The zero-order valence-corrected chi connectivity index (χ0v) is 18.8. The maximum atomic E-state index is 6.43. The van der Waals surface area contributed by atoms with Crippen molar-refractivity contribution in [3.05, 3.63) is 121 Å². The minimum Gasteiger partial charge on any atom is -0.452 e. The second-order valence-electron chi connectivity index (χ2n) is 8.64. The first-order chi connectivity index (χ1) is 17.3. The van der Waals surface area contributed by atoms with E-state index in [-0.39, 0.29) is 0 Å². The predicted molar refractivity (Wildman–Crippen MR) is 143 cm³/mol. The molecule has 0 radical (unpaired) electrons. The van der Waals surface area contributed by atoms with Crippen LogP contribution in [-0.2, 0) is 0 Å². The number of rotatable bonds is 3. The summed E-state index contributed by atoms with van der Waals surface area (Å²) in [6.07, 6.45) is 0. The smallest absolute Gasteiger partial charge is 0.180 e. The summed E-state index contributed by atoms with van der Waals surface area (Å²) < 4.78 is 6.43. The zero-order valence-electron chi connectivity index (χ0n) is 18.8. The fourth-order valence-electron chi connectivity index (χ4n) is 4.77. The quantitative estimate of drug-likeness (QED) is 0.272. The molecule has 2 aromatic heterocycles. The molecule has 0 aliphatic heterocycles. The Morgan fingerprint density at radius 2 is 1.11 bits per heavy atom. The van der Waals surface area contributed by atoms with Crippen LogP contribution in [-0.4, -0.2) is 9.97 Å². The maximum absolute atomic E-state index is 6.43. The Labute approximate surface area is 202 Å². The summed E-state index contributed by atoms with van der Waals surface area (Å²) in [5, 5.41) is 3.32. The van der Waals surface area contributed by atoms with Gasteiger partial charge < -0.3 is 4.42 Å². The van der Waals surface area contributed by atoms with Crippen molar-refractivity contribution in [2.24, 2.45) is 0 Å². The highest BCUT2D eigenvalue weighted by Crippen LogP contribution is 2.39. The average Bonchev–Trinajstić information content (AvgIpc) is 3.33. The second kappa shape index (κ2) is 7.93. The van der Waals surface area contributed by atoms with Gasteiger partial charge in [-0.25, -0.2) is 9.97 Å². The lowest BCUT2D eigenvalue weighted by atomic mass is 10.0. The molecule has 0 bridgehead atoms. The van der Waals surface area contributed by atoms with Gasteiger partial charge in [-0.05, 0) is 28.0 Å². The number of fused-ring (bicyclic) bond motifs is 5. The van der Waals surface area contributed by atoms with Crippen molar-refractivity contribution < 1.29 is 4.42 Å². The van der Waals surface area contributed by atoms with Crippen molar-refractivity contribution in [2.75, 3.05) is 0 Å². The average molecular weight is 449 g/mol. The zero-order chi connectivity index (χ0) is 23.2. The van der Waals surface area contributed by atoms with Crippen LogP contribution in [0.4, 0.5) is 0 Å². The van der Waals surface area contributed by atoms with Crippen LogP contribution in [0, 0.1) is 0 Å². The molecule has 0 spiro atoms. The summed E-state index contributed by atoms with van der Waals surface area (Å²) in [6, 6.07) is 41.5. The molecule has 3 nitrogen and oxygen atoms in total. The highest BCUT2D eigenvalue weighted by atomic mass is 16.3. The van der Waals surface area contributed by atoms with Crippen LogP contribution in [0.1, 0.15) is 0 Å². The van der Waals surface area contributed by atoms with E-state index in [0.717, 1.165) is 44.1 Å². The number of hydrogen-bond acceptors (Lipinski definition) is 3. The van der Waals surface area contributed by atoms with Gasteiger partial charge in [0.1, 0.15) is 16.8 Å². The first kappa shape index (κ1) is 19.7. The molecular formula is C32H20N2O. The van der Waals surface area contributed by atoms with Crippen molar-refractivity contribution in [3.63, 3.8) is 0 Å². The molecule has 0 saturated carbocycles. The molecule has 0 aliphatic carbocycles. The fourth-order valence-corrected chi connectivity index (χ4v) is 4.77. The van der Waals surface area contributed by atoms with Gasteiger partial charge in [-0.1, -0.05) is 115 Å². The maximum Gasteiger partial charge on any atom is 0.180 e. The first-order valence-electron chi connectivity index (χ1n) is 11.7. The summed E-state index contributed by atoms with van der Waals surface area (Å²) in [5.41, 5.74) is 7.50. The highest BCUT2D eigenvalue weighted by Gasteiger charge is 2.19. The van der Waals surface area contributed by atoms with E-state index in [9.17, 15) is 0 Å². The van der Waals surface area contributed by atoms with Crippen LogP contribution < -0.4 is 0 Å². The van der Waals surface area contributed by atoms with Gasteiger partial charge in [0.2, 0.25) is 0 Å². The molecule has 0 unspecified atom stereocenters. The van der Waals surface area contributed by atoms with E-state index >= 15 is 0 Å². The normalized spacial score (nSPS) is 11.4. The van der Waals surface area contributed by atoms with Gasteiger partial charge in [-0.2, -0.15) is 0 Å². The minimum atomic E-state index is 0.691. The SMILES string of the molecule is c1ccc(-c2ccc(-c3nc(-c4ccccc4)nc4c3oc3ccc5ccccc5c34)cc2)cc1. The van der Waals surface area contributed by atoms with Crippen LogP contribution in [0.2, 0.25) is 0 Å². The molecule has 35 heavy (non-hydrogen) atoms. The van der Waals surface area contributed by atoms with Crippen LogP contribution in [0.25, 0.3) is 66.6 Å². The molecule has 0 aliphatic rings. The lowest BCUT2D eigenvalue weighted by Gasteiger charge is -2.08. The third kappa shape index (κ3) is 3.29. The van der Waals surface area contributed by atoms with Crippen LogP contribution in [0.15, 0.2) is 126 Å². The summed E-state index contributed by atoms with van der Waals surface area (Å²) in [5.74, 6) is 0.691. The van der Waals surface area contributed by atoms with Gasteiger partial charge in [0.05, 0.1) is 5.39 Å². The number of aromatic nitrogens is 2. The first-order valence-corrected chi connectivity index (χ1v) is 11.7. The van der Waals surface area contributed by atoms with E-state index in [1.165, 1.54) is 11.1 Å².